The lowest BCUT2D eigenvalue weighted by Crippen LogP contribution is -2.37. The van der Waals surface area contributed by atoms with Crippen molar-refractivity contribution in [3.63, 3.8) is 0 Å². The number of aromatic nitrogens is 3. The van der Waals surface area contributed by atoms with Crippen molar-refractivity contribution in [1.29, 1.82) is 0 Å². The number of hydrogen-bond acceptors (Lipinski definition) is 3. The summed E-state index contributed by atoms with van der Waals surface area (Å²) < 4.78 is 2.10. The van der Waals surface area contributed by atoms with Gasteiger partial charge in [-0.25, -0.2) is 4.98 Å². The van der Waals surface area contributed by atoms with E-state index in [4.69, 9.17) is 4.98 Å². The zero-order valence-corrected chi connectivity index (χ0v) is 20.4. The van der Waals surface area contributed by atoms with Crippen LogP contribution in [0.15, 0.2) is 85.1 Å². The van der Waals surface area contributed by atoms with Gasteiger partial charge in [0.2, 0.25) is 0 Å². The minimum absolute atomic E-state index is 0.236. The van der Waals surface area contributed by atoms with Crippen molar-refractivity contribution in [1.82, 2.24) is 14.5 Å². The number of phenolic OH excluding ortho intramolecular Hbond substituents is 1. The maximum Gasteiger partial charge on any atom is 0.144 e. The molecule has 0 aliphatic carbocycles. The van der Waals surface area contributed by atoms with Gasteiger partial charge in [0.25, 0.3) is 0 Å². The Kier molecular flexibility index (Phi) is 5.14. The van der Waals surface area contributed by atoms with Crippen LogP contribution in [0.25, 0.3) is 44.8 Å². The highest BCUT2D eigenvalue weighted by Gasteiger charge is 2.23. The molecule has 0 saturated carbocycles. The summed E-state index contributed by atoms with van der Waals surface area (Å²) in [6, 6.07) is 26.5. The van der Waals surface area contributed by atoms with E-state index in [-0.39, 0.29) is 5.75 Å². The zero-order valence-electron chi connectivity index (χ0n) is 19.4. The molecular formula is C28H27N3OSi. The highest BCUT2D eigenvalue weighted by atomic mass is 28.3. The van der Waals surface area contributed by atoms with Gasteiger partial charge in [-0.15, -0.1) is 0 Å². The number of nitrogens with zero attached hydrogens (tertiary/aromatic N) is 3. The molecule has 1 N–H and O–H groups in total. The largest absolute Gasteiger partial charge is 0.507 e. The lowest BCUT2D eigenvalue weighted by atomic mass is 10.0. The van der Waals surface area contributed by atoms with Crippen molar-refractivity contribution in [2.24, 2.45) is 7.05 Å². The van der Waals surface area contributed by atoms with Crippen LogP contribution in [0.5, 0.6) is 5.75 Å². The van der Waals surface area contributed by atoms with Crippen molar-refractivity contribution in [2.45, 2.75) is 19.6 Å². The summed E-state index contributed by atoms with van der Waals surface area (Å²) in [4.78, 5) is 9.58. The minimum atomic E-state index is -1.60. The monoisotopic (exact) mass is 449 g/mol. The molecule has 0 fully saturated rings. The van der Waals surface area contributed by atoms with E-state index < -0.39 is 8.07 Å². The summed E-state index contributed by atoms with van der Waals surface area (Å²) in [5.41, 5.74) is 7.01. The van der Waals surface area contributed by atoms with Crippen LogP contribution in [0.4, 0.5) is 0 Å². The second-order valence-corrected chi connectivity index (χ2v) is 14.5. The fourth-order valence-electron chi connectivity index (χ4n) is 4.22. The fraction of sp³-hybridized carbons (Fsp3) is 0.143. The standard InChI is InChI=1S/C28H27N3OSi/c1-31-25-18-21(33(2,3)4)17-23(27(25)30-28(31)22-12-5-6-14-26(22)32)19-10-9-11-20(16-19)24-13-7-8-15-29-24/h5-18,32H,1-4H3. The first-order valence-corrected chi connectivity index (χ1v) is 14.6. The first-order valence-electron chi connectivity index (χ1n) is 11.1. The molecule has 4 nitrogen and oxygen atoms in total. The maximum atomic E-state index is 10.5. The highest BCUT2D eigenvalue weighted by Crippen LogP contribution is 2.35. The Morgan fingerprint density at radius 1 is 0.788 bits per heavy atom. The van der Waals surface area contributed by atoms with Crippen molar-refractivity contribution in [3.8, 4) is 39.5 Å². The Morgan fingerprint density at radius 3 is 2.27 bits per heavy atom. The van der Waals surface area contributed by atoms with Crippen LogP contribution in [-0.2, 0) is 7.05 Å². The molecule has 0 unspecified atom stereocenters. The molecular weight excluding hydrogens is 422 g/mol. The lowest BCUT2D eigenvalue weighted by molar-refractivity contribution is 0.476. The zero-order chi connectivity index (χ0) is 23.2. The van der Waals surface area contributed by atoms with Crippen LogP contribution in [0.1, 0.15) is 0 Å². The van der Waals surface area contributed by atoms with Crippen molar-refractivity contribution in [3.05, 3.63) is 85.1 Å². The van der Waals surface area contributed by atoms with E-state index in [1.54, 1.807) is 6.07 Å². The molecule has 0 saturated heterocycles. The Labute approximate surface area is 195 Å². The third kappa shape index (κ3) is 3.85. The van der Waals surface area contributed by atoms with Crippen LogP contribution in [0.3, 0.4) is 0 Å². The van der Waals surface area contributed by atoms with Crippen LogP contribution in [-0.4, -0.2) is 27.7 Å². The first-order chi connectivity index (χ1) is 15.8. The van der Waals surface area contributed by atoms with Gasteiger partial charge in [0, 0.05) is 24.4 Å². The number of para-hydroxylation sites is 1. The van der Waals surface area contributed by atoms with Crippen molar-refractivity contribution in [2.75, 3.05) is 0 Å². The van der Waals surface area contributed by atoms with Crippen LogP contribution in [0, 0.1) is 0 Å². The smallest absolute Gasteiger partial charge is 0.144 e. The predicted octanol–water partition coefficient (Wildman–Crippen LogP) is 6.22. The Balaban J connectivity index is 1.78. The van der Waals surface area contributed by atoms with E-state index in [1.165, 1.54) is 5.19 Å². The van der Waals surface area contributed by atoms with Crippen LogP contribution < -0.4 is 5.19 Å². The normalized spacial score (nSPS) is 11.8. The van der Waals surface area contributed by atoms with Crippen molar-refractivity contribution < 1.29 is 5.11 Å². The number of rotatable bonds is 4. The second-order valence-electron chi connectivity index (χ2n) is 9.45. The minimum Gasteiger partial charge on any atom is -0.507 e. The van der Waals surface area contributed by atoms with Crippen LogP contribution >= 0.6 is 0 Å². The molecule has 0 spiro atoms. The van der Waals surface area contributed by atoms with Gasteiger partial charge in [0.1, 0.15) is 11.6 Å². The summed E-state index contributed by atoms with van der Waals surface area (Å²) in [5, 5.41) is 11.9. The van der Waals surface area contributed by atoms with Gasteiger partial charge in [0.05, 0.1) is 30.4 Å². The quantitative estimate of drug-likeness (QED) is 0.331. The second kappa shape index (κ2) is 8.01. The highest BCUT2D eigenvalue weighted by molar-refractivity contribution is 6.88. The summed E-state index contributed by atoms with van der Waals surface area (Å²) in [7, 11) is 0.428. The first kappa shape index (κ1) is 21.2. The van der Waals surface area contributed by atoms with Gasteiger partial charge in [-0.3, -0.25) is 4.98 Å². The SMILES string of the molecule is Cn1c(-c2ccccc2O)nc2c(-c3cccc(-c4ccccn4)c3)cc([Si](C)(C)C)cc21. The van der Waals surface area contributed by atoms with E-state index in [9.17, 15) is 5.11 Å². The maximum absolute atomic E-state index is 10.5. The van der Waals surface area contributed by atoms with E-state index in [2.05, 4.69) is 65.6 Å². The van der Waals surface area contributed by atoms with Gasteiger partial charge in [-0.1, -0.05) is 67.3 Å². The Hall–Kier alpha value is -3.70. The van der Waals surface area contributed by atoms with E-state index in [0.29, 0.717) is 0 Å². The number of hydrogen-bond donors (Lipinski definition) is 1. The van der Waals surface area contributed by atoms with E-state index >= 15 is 0 Å². The molecule has 5 heteroatoms. The molecule has 0 radical (unpaired) electrons. The summed E-state index contributed by atoms with van der Waals surface area (Å²) in [6.07, 6.45) is 1.82. The van der Waals surface area contributed by atoms with Crippen LogP contribution in [0.2, 0.25) is 19.6 Å². The van der Waals surface area contributed by atoms with Crippen molar-refractivity contribution >= 4 is 24.3 Å². The van der Waals surface area contributed by atoms with Gasteiger partial charge >= 0.3 is 0 Å². The molecule has 2 heterocycles. The molecule has 0 aliphatic heterocycles. The average molecular weight is 450 g/mol. The molecule has 0 aliphatic rings. The van der Waals surface area contributed by atoms with E-state index in [1.807, 2.05) is 49.6 Å². The molecule has 164 valence electrons. The number of benzene rings is 3. The molecule has 33 heavy (non-hydrogen) atoms. The number of phenols is 1. The average Bonchev–Trinajstić information content (AvgIpc) is 3.15. The third-order valence-electron chi connectivity index (χ3n) is 6.13. The lowest BCUT2D eigenvalue weighted by Gasteiger charge is -2.19. The number of pyridine rings is 1. The Morgan fingerprint density at radius 2 is 1.55 bits per heavy atom. The van der Waals surface area contributed by atoms with Gasteiger partial charge in [0.15, 0.2) is 0 Å². The number of imidazole rings is 1. The molecule has 5 aromatic rings. The predicted molar refractivity (Wildman–Crippen MR) is 139 cm³/mol. The molecule has 5 rings (SSSR count). The molecule has 2 aromatic heterocycles. The number of fused-ring (bicyclic) bond motifs is 1. The third-order valence-corrected chi connectivity index (χ3v) is 8.15. The van der Waals surface area contributed by atoms with Gasteiger partial charge in [-0.05, 0) is 42.0 Å². The molecule has 0 bridgehead atoms. The topological polar surface area (TPSA) is 50.9 Å². The van der Waals surface area contributed by atoms with Gasteiger partial charge < -0.3 is 9.67 Å². The fourth-order valence-corrected chi connectivity index (χ4v) is 5.37. The number of aromatic hydroxyl groups is 1. The molecule has 3 aromatic carbocycles. The van der Waals surface area contributed by atoms with E-state index in [0.717, 1.165) is 44.8 Å². The molecule has 0 atom stereocenters. The summed E-state index contributed by atoms with van der Waals surface area (Å²) in [6.45, 7) is 7.09. The summed E-state index contributed by atoms with van der Waals surface area (Å²) in [5.74, 6) is 0.998. The summed E-state index contributed by atoms with van der Waals surface area (Å²) >= 11 is 0. The molecule has 0 amide bonds. The Bertz CT molecular complexity index is 1470. The van der Waals surface area contributed by atoms with Gasteiger partial charge in [-0.2, -0.15) is 0 Å². The number of aryl methyl sites for hydroxylation is 1.